The van der Waals surface area contributed by atoms with Gasteiger partial charge in [0.25, 0.3) is 0 Å². The molecule has 0 saturated carbocycles. The molecule has 110 valence electrons. The number of ether oxygens (including phenoxy) is 2. The number of benzene rings is 1. The van der Waals surface area contributed by atoms with Crippen molar-refractivity contribution in [3.8, 4) is 0 Å². The smallest absolute Gasteiger partial charge is 0.337 e. The molecule has 0 amide bonds. The fraction of sp³-hybridized carbons (Fsp3) is 0.357. The normalized spacial score (nSPS) is 15.2. The van der Waals surface area contributed by atoms with Gasteiger partial charge in [0.1, 0.15) is 11.3 Å². The second-order valence-electron chi connectivity index (χ2n) is 4.65. The lowest BCUT2D eigenvalue weighted by Gasteiger charge is -2.27. The fourth-order valence-corrected chi connectivity index (χ4v) is 2.80. The average molecular weight is 352 g/mol. The van der Waals surface area contributed by atoms with Crippen LogP contribution in [-0.4, -0.2) is 49.4 Å². The van der Waals surface area contributed by atoms with E-state index in [0.29, 0.717) is 24.3 Å². The first-order chi connectivity index (χ1) is 10.2. The Morgan fingerprint density at radius 3 is 2.86 bits per heavy atom. The van der Waals surface area contributed by atoms with Gasteiger partial charge in [-0.05, 0) is 28.1 Å². The van der Waals surface area contributed by atoms with Gasteiger partial charge < -0.3 is 14.4 Å². The predicted molar refractivity (Wildman–Crippen MR) is 81.6 cm³/mol. The number of carbonyl (C=O) groups is 1. The van der Waals surface area contributed by atoms with Gasteiger partial charge in [0.05, 0.1) is 37.6 Å². The zero-order valence-electron chi connectivity index (χ0n) is 11.5. The summed E-state index contributed by atoms with van der Waals surface area (Å²) in [7, 11) is 1.36. The minimum atomic E-state index is -0.392. The lowest BCUT2D eigenvalue weighted by Crippen LogP contribution is -2.36. The Kier molecular flexibility index (Phi) is 4.03. The Bertz CT molecular complexity index is 686. The van der Waals surface area contributed by atoms with E-state index in [1.165, 1.54) is 7.11 Å². The number of aromatic nitrogens is 2. The summed E-state index contributed by atoms with van der Waals surface area (Å²) >= 11 is 3.42. The Morgan fingerprint density at radius 2 is 2.14 bits per heavy atom. The lowest BCUT2D eigenvalue weighted by molar-refractivity contribution is 0.0601. The second-order valence-corrected chi connectivity index (χ2v) is 5.50. The van der Waals surface area contributed by atoms with E-state index in [2.05, 4.69) is 30.8 Å². The minimum Gasteiger partial charge on any atom is -0.465 e. The van der Waals surface area contributed by atoms with Crippen LogP contribution in [0.25, 0.3) is 11.0 Å². The molecule has 2 heterocycles. The Balaban J connectivity index is 2.04. The van der Waals surface area contributed by atoms with E-state index >= 15 is 0 Å². The van der Waals surface area contributed by atoms with Crippen molar-refractivity contribution in [2.75, 3.05) is 38.3 Å². The molecular weight excluding hydrogens is 338 g/mol. The molecule has 0 bridgehead atoms. The molecule has 0 radical (unpaired) electrons. The first-order valence-corrected chi connectivity index (χ1v) is 7.35. The molecule has 21 heavy (non-hydrogen) atoms. The summed E-state index contributed by atoms with van der Waals surface area (Å²) in [6.45, 7) is 2.95. The van der Waals surface area contributed by atoms with E-state index in [9.17, 15) is 4.79 Å². The van der Waals surface area contributed by atoms with E-state index < -0.39 is 5.97 Å². The molecule has 0 N–H and O–H groups in total. The number of methoxy groups -OCH3 is 1. The van der Waals surface area contributed by atoms with Crippen LogP contribution < -0.4 is 4.90 Å². The lowest BCUT2D eigenvalue weighted by atomic mass is 10.2. The van der Waals surface area contributed by atoms with Crippen LogP contribution in [0.4, 0.5) is 5.82 Å². The van der Waals surface area contributed by atoms with Crippen LogP contribution >= 0.6 is 15.9 Å². The van der Waals surface area contributed by atoms with Crippen molar-refractivity contribution < 1.29 is 14.3 Å². The molecule has 0 spiro atoms. The fourth-order valence-electron chi connectivity index (χ4n) is 2.25. The molecule has 0 atom stereocenters. The van der Waals surface area contributed by atoms with Crippen molar-refractivity contribution in [1.82, 2.24) is 9.97 Å². The first kappa shape index (κ1) is 14.2. The maximum absolute atomic E-state index is 11.7. The largest absolute Gasteiger partial charge is 0.465 e. The van der Waals surface area contributed by atoms with Crippen molar-refractivity contribution in [3.05, 3.63) is 28.4 Å². The van der Waals surface area contributed by atoms with Crippen molar-refractivity contribution >= 4 is 38.8 Å². The first-order valence-electron chi connectivity index (χ1n) is 6.56. The van der Waals surface area contributed by atoms with Crippen molar-refractivity contribution in [3.63, 3.8) is 0 Å². The number of morpholine rings is 1. The number of halogens is 1. The quantitative estimate of drug-likeness (QED) is 0.771. The number of fused-ring (bicyclic) bond motifs is 1. The third-order valence-electron chi connectivity index (χ3n) is 3.34. The van der Waals surface area contributed by atoms with Crippen molar-refractivity contribution in [2.45, 2.75) is 0 Å². The van der Waals surface area contributed by atoms with Crippen molar-refractivity contribution in [2.24, 2.45) is 0 Å². The molecule has 6 nitrogen and oxygen atoms in total. The van der Waals surface area contributed by atoms with Gasteiger partial charge in [-0.2, -0.15) is 0 Å². The molecule has 1 fully saturated rings. The van der Waals surface area contributed by atoms with Crippen LogP contribution in [0.15, 0.2) is 22.8 Å². The number of hydrogen-bond donors (Lipinski definition) is 0. The second kappa shape index (κ2) is 5.95. The maximum Gasteiger partial charge on any atom is 0.337 e. The van der Waals surface area contributed by atoms with Crippen LogP contribution in [0.2, 0.25) is 0 Å². The molecule has 3 rings (SSSR count). The van der Waals surface area contributed by atoms with Gasteiger partial charge in [0.15, 0.2) is 0 Å². The highest BCUT2D eigenvalue weighted by molar-refractivity contribution is 9.10. The Morgan fingerprint density at radius 1 is 1.38 bits per heavy atom. The standard InChI is InChI=1S/C14H14BrN3O3/c1-20-14(19)9-6-10(15)13-11(7-9)17-12(8-16-13)18-2-4-21-5-3-18/h6-8H,2-5H2,1H3. The highest BCUT2D eigenvalue weighted by atomic mass is 79.9. The summed E-state index contributed by atoms with van der Waals surface area (Å²) in [6.07, 6.45) is 1.75. The van der Waals surface area contributed by atoms with Gasteiger partial charge in [-0.15, -0.1) is 0 Å². The van der Waals surface area contributed by atoms with Crippen LogP contribution in [0.5, 0.6) is 0 Å². The topological polar surface area (TPSA) is 64.5 Å². The molecule has 0 aliphatic carbocycles. The zero-order valence-corrected chi connectivity index (χ0v) is 13.1. The average Bonchev–Trinajstić information content (AvgIpc) is 2.54. The number of esters is 1. The molecule has 0 unspecified atom stereocenters. The Hall–Kier alpha value is -1.73. The summed E-state index contributed by atoms with van der Waals surface area (Å²) in [5.74, 6) is 0.399. The van der Waals surface area contributed by atoms with Gasteiger partial charge in [-0.1, -0.05) is 0 Å². The third kappa shape index (κ3) is 2.84. The van der Waals surface area contributed by atoms with E-state index in [-0.39, 0.29) is 0 Å². The summed E-state index contributed by atoms with van der Waals surface area (Å²) in [6, 6.07) is 3.39. The molecule has 1 aromatic carbocycles. The maximum atomic E-state index is 11.7. The number of hydrogen-bond acceptors (Lipinski definition) is 6. The van der Waals surface area contributed by atoms with E-state index in [1.807, 2.05) is 0 Å². The highest BCUT2D eigenvalue weighted by Crippen LogP contribution is 2.25. The molecule has 7 heteroatoms. The van der Waals surface area contributed by atoms with Crippen LogP contribution in [0.1, 0.15) is 10.4 Å². The van der Waals surface area contributed by atoms with Gasteiger partial charge >= 0.3 is 5.97 Å². The Labute approximate surface area is 130 Å². The van der Waals surface area contributed by atoms with Gasteiger partial charge in [0.2, 0.25) is 0 Å². The molecule has 1 aromatic heterocycles. The molecule has 2 aromatic rings. The van der Waals surface area contributed by atoms with E-state index in [1.54, 1.807) is 18.3 Å². The van der Waals surface area contributed by atoms with Gasteiger partial charge in [-0.3, -0.25) is 0 Å². The summed E-state index contributed by atoms with van der Waals surface area (Å²) < 4.78 is 10.8. The number of nitrogens with zero attached hydrogens (tertiary/aromatic N) is 3. The summed E-state index contributed by atoms with van der Waals surface area (Å²) in [5, 5.41) is 0. The molecule has 1 aliphatic rings. The minimum absolute atomic E-state index is 0.392. The number of carbonyl (C=O) groups excluding carboxylic acids is 1. The summed E-state index contributed by atoms with van der Waals surface area (Å²) in [5.41, 5.74) is 1.83. The van der Waals surface area contributed by atoms with Crippen LogP contribution in [-0.2, 0) is 9.47 Å². The molecule has 1 aliphatic heterocycles. The van der Waals surface area contributed by atoms with Gasteiger partial charge in [0, 0.05) is 17.6 Å². The zero-order chi connectivity index (χ0) is 14.8. The molecule has 1 saturated heterocycles. The molecular formula is C14H14BrN3O3. The number of anilines is 1. The summed E-state index contributed by atoms with van der Waals surface area (Å²) in [4.78, 5) is 22.8. The van der Waals surface area contributed by atoms with E-state index in [0.717, 1.165) is 28.9 Å². The predicted octanol–water partition coefficient (Wildman–Crippen LogP) is 2.02. The third-order valence-corrected chi connectivity index (χ3v) is 3.95. The highest BCUT2D eigenvalue weighted by Gasteiger charge is 2.16. The van der Waals surface area contributed by atoms with Crippen LogP contribution in [0, 0.1) is 0 Å². The SMILES string of the molecule is COC(=O)c1cc(Br)c2ncc(N3CCOCC3)nc2c1. The van der Waals surface area contributed by atoms with Crippen LogP contribution in [0.3, 0.4) is 0 Å². The van der Waals surface area contributed by atoms with E-state index in [4.69, 9.17) is 9.47 Å². The number of rotatable bonds is 2. The van der Waals surface area contributed by atoms with Gasteiger partial charge in [-0.25, -0.2) is 14.8 Å². The van der Waals surface area contributed by atoms with Crippen molar-refractivity contribution in [1.29, 1.82) is 0 Å². The monoisotopic (exact) mass is 351 g/mol.